The van der Waals surface area contributed by atoms with Gasteiger partial charge in [0.25, 0.3) is 0 Å². The summed E-state index contributed by atoms with van der Waals surface area (Å²) < 4.78 is 32.1. The maximum absolute atomic E-state index is 13.8. The molecule has 1 fully saturated rings. The van der Waals surface area contributed by atoms with Crippen LogP contribution < -0.4 is 10.6 Å². The molecule has 2 N–H and O–H groups in total. The Morgan fingerprint density at radius 3 is 2.54 bits per heavy atom. The van der Waals surface area contributed by atoms with E-state index in [0.29, 0.717) is 11.3 Å². The second kappa shape index (κ2) is 9.73. The molecule has 28 heavy (non-hydrogen) atoms. The number of hydrogen-bond donors (Lipinski definition) is 2. The monoisotopic (exact) mass is 389 g/mol. The maximum Gasteiger partial charge on any atom is 0.238 e. The molecule has 2 aromatic rings. The molecular formula is C21H25F2N3O2. The molecular weight excluding hydrogens is 364 g/mol. The zero-order valence-electron chi connectivity index (χ0n) is 15.9. The topological polar surface area (TPSA) is 53.6 Å². The predicted molar refractivity (Wildman–Crippen MR) is 104 cm³/mol. The average molecular weight is 389 g/mol. The van der Waals surface area contributed by atoms with Gasteiger partial charge in [-0.05, 0) is 30.7 Å². The zero-order chi connectivity index (χ0) is 19.9. The van der Waals surface area contributed by atoms with Crippen LogP contribution in [-0.4, -0.2) is 43.7 Å². The fourth-order valence-corrected chi connectivity index (χ4v) is 3.12. The Morgan fingerprint density at radius 2 is 1.86 bits per heavy atom. The summed E-state index contributed by atoms with van der Waals surface area (Å²) in [5.41, 5.74) is 2.21. The first kappa shape index (κ1) is 20.4. The largest absolute Gasteiger partial charge is 0.379 e. The second-order valence-corrected chi connectivity index (χ2v) is 6.90. The van der Waals surface area contributed by atoms with E-state index in [-0.39, 0.29) is 12.5 Å². The van der Waals surface area contributed by atoms with Gasteiger partial charge in [0.05, 0.1) is 19.8 Å². The van der Waals surface area contributed by atoms with Crippen molar-refractivity contribution in [3.63, 3.8) is 0 Å². The van der Waals surface area contributed by atoms with Crippen molar-refractivity contribution in [3.05, 3.63) is 65.2 Å². The van der Waals surface area contributed by atoms with E-state index in [0.717, 1.165) is 38.9 Å². The molecule has 0 bridgehead atoms. The van der Waals surface area contributed by atoms with E-state index in [1.54, 1.807) is 6.92 Å². The highest BCUT2D eigenvalue weighted by molar-refractivity contribution is 5.92. The molecule has 0 spiro atoms. The highest BCUT2D eigenvalue weighted by Crippen LogP contribution is 2.17. The Kier molecular flexibility index (Phi) is 7.08. The third-order valence-corrected chi connectivity index (χ3v) is 4.75. The number of morpholine rings is 1. The number of benzene rings is 2. The first-order valence-corrected chi connectivity index (χ1v) is 9.38. The Bertz CT molecular complexity index is 793. The summed E-state index contributed by atoms with van der Waals surface area (Å²) in [5.74, 6) is -1.48. The van der Waals surface area contributed by atoms with Crippen molar-refractivity contribution in [2.24, 2.45) is 0 Å². The predicted octanol–water partition coefficient (Wildman–Crippen LogP) is 3.09. The van der Waals surface area contributed by atoms with Gasteiger partial charge in [0, 0.05) is 43.0 Å². The summed E-state index contributed by atoms with van der Waals surface area (Å²) in [6.07, 6.45) is 0. The molecule has 0 unspecified atom stereocenters. The van der Waals surface area contributed by atoms with Crippen molar-refractivity contribution < 1.29 is 18.3 Å². The third-order valence-electron chi connectivity index (χ3n) is 4.75. The molecule has 1 amide bonds. The van der Waals surface area contributed by atoms with Crippen LogP contribution in [0.2, 0.25) is 0 Å². The molecule has 0 radical (unpaired) electrons. The number of nitrogens with zero attached hydrogens (tertiary/aromatic N) is 1. The Labute approximate surface area is 163 Å². The number of ether oxygens (including phenoxy) is 1. The summed E-state index contributed by atoms with van der Waals surface area (Å²) in [6.45, 7) is 5.99. The van der Waals surface area contributed by atoms with Crippen molar-refractivity contribution in [3.8, 4) is 0 Å². The molecule has 3 rings (SSSR count). The minimum atomic E-state index is -0.628. The van der Waals surface area contributed by atoms with Gasteiger partial charge in [-0.25, -0.2) is 8.78 Å². The highest BCUT2D eigenvalue weighted by Gasteiger charge is 2.13. The van der Waals surface area contributed by atoms with Crippen molar-refractivity contribution in [2.75, 3.05) is 38.2 Å². The van der Waals surface area contributed by atoms with Crippen LogP contribution in [0.3, 0.4) is 0 Å². The van der Waals surface area contributed by atoms with Crippen molar-refractivity contribution in [1.29, 1.82) is 0 Å². The molecule has 1 saturated heterocycles. The van der Waals surface area contributed by atoms with Crippen molar-refractivity contribution in [2.45, 2.75) is 19.5 Å². The number of nitrogens with one attached hydrogen (secondary N) is 2. The minimum Gasteiger partial charge on any atom is -0.379 e. The van der Waals surface area contributed by atoms with Gasteiger partial charge in [-0.15, -0.1) is 0 Å². The normalized spacial score (nSPS) is 16.0. The molecule has 1 heterocycles. The van der Waals surface area contributed by atoms with Crippen LogP contribution in [0.1, 0.15) is 24.1 Å². The average Bonchev–Trinajstić information content (AvgIpc) is 2.68. The van der Waals surface area contributed by atoms with Gasteiger partial charge in [0.1, 0.15) is 11.6 Å². The third kappa shape index (κ3) is 5.82. The van der Waals surface area contributed by atoms with Gasteiger partial charge in [-0.3, -0.25) is 9.69 Å². The number of hydrogen-bond acceptors (Lipinski definition) is 4. The number of anilines is 1. The lowest BCUT2D eigenvalue weighted by Gasteiger charge is -2.26. The molecule has 1 aliphatic rings. The first-order valence-electron chi connectivity index (χ1n) is 9.38. The minimum absolute atomic E-state index is 0.0213. The van der Waals surface area contributed by atoms with E-state index in [2.05, 4.69) is 15.5 Å². The van der Waals surface area contributed by atoms with Gasteiger partial charge >= 0.3 is 0 Å². The van der Waals surface area contributed by atoms with Crippen LogP contribution in [0.4, 0.5) is 14.5 Å². The fraction of sp³-hybridized carbons (Fsp3) is 0.381. The quantitative estimate of drug-likeness (QED) is 0.764. The molecule has 0 aromatic heterocycles. The highest BCUT2D eigenvalue weighted by atomic mass is 19.1. The summed E-state index contributed by atoms with van der Waals surface area (Å²) in [6, 6.07) is 10.7. The van der Waals surface area contributed by atoms with Crippen LogP contribution in [0, 0.1) is 11.6 Å². The molecule has 0 aliphatic carbocycles. The molecule has 1 aliphatic heterocycles. The van der Waals surface area contributed by atoms with Gasteiger partial charge in [-0.2, -0.15) is 0 Å². The van der Waals surface area contributed by atoms with Gasteiger partial charge in [0.15, 0.2) is 0 Å². The van der Waals surface area contributed by atoms with Crippen molar-refractivity contribution >= 4 is 11.6 Å². The number of carbonyl (C=O) groups excluding carboxylic acids is 1. The Morgan fingerprint density at radius 1 is 1.14 bits per heavy atom. The van der Waals surface area contributed by atoms with E-state index < -0.39 is 17.7 Å². The van der Waals surface area contributed by atoms with Gasteiger partial charge < -0.3 is 15.4 Å². The van der Waals surface area contributed by atoms with Crippen LogP contribution in [-0.2, 0) is 16.1 Å². The summed E-state index contributed by atoms with van der Waals surface area (Å²) in [4.78, 5) is 14.5. The fourth-order valence-electron chi connectivity index (χ4n) is 3.12. The van der Waals surface area contributed by atoms with Crippen molar-refractivity contribution in [1.82, 2.24) is 10.2 Å². The van der Waals surface area contributed by atoms with E-state index in [1.807, 2.05) is 24.3 Å². The number of carbonyl (C=O) groups is 1. The molecule has 150 valence electrons. The van der Waals surface area contributed by atoms with Crippen LogP contribution in [0.25, 0.3) is 0 Å². The molecule has 0 saturated carbocycles. The number of rotatable bonds is 7. The van der Waals surface area contributed by atoms with E-state index >= 15 is 0 Å². The Balaban J connectivity index is 1.46. The molecule has 1 atom stereocenters. The number of amides is 1. The lowest BCUT2D eigenvalue weighted by atomic mass is 10.1. The second-order valence-electron chi connectivity index (χ2n) is 6.90. The summed E-state index contributed by atoms with van der Waals surface area (Å²) in [7, 11) is 0. The lowest BCUT2D eigenvalue weighted by molar-refractivity contribution is -0.115. The van der Waals surface area contributed by atoms with Crippen LogP contribution in [0.15, 0.2) is 42.5 Å². The zero-order valence-corrected chi connectivity index (χ0v) is 15.9. The molecule has 7 heteroatoms. The lowest BCUT2D eigenvalue weighted by Crippen LogP contribution is -2.35. The summed E-state index contributed by atoms with van der Waals surface area (Å²) in [5, 5.41) is 5.77. The standard InChI is InChI=1S/C21H25F2N3O2/c1-15(19-7-4-17(22)12-20(19)23)24-13-21(27)25-18-5-2-16(3-6-18)14-26-8-10-28-11-9-26/h2-7,12,15,24H,8-11,13-14H2,1H3,(H,25,27)/t15-/m0/s1. The first-order chi connectivity index (χ1) is 13.5. The smallest absolute Gasteiger partial charge is 0.238 e. The maximum atomic E-state index is 13.8. The van der Waals surface area contributed by atoms with Crippen LogP contribution >= 0.6 is 0 Å². The van der Waals surface area contributed by atoms with Gasteiger partial charge in [0.2, 0.25) is 5.91 Å². The van der Waals surface area contributed by atoms with E-state index in [4.69, 9.17) is 4.74 Å². The van der Waals surface area contributed by atoms with E-state index in [9.17, 15) is 13.6 Å². The SMILES string of the molecule is C[C@H](NCC(=O)Nc1ccc(CN2CCOCC2)cc1)c1ccc(F)cc1F. The van der Waals surface area contributed by atoms with Crippen LogP contribution in [0.5, 0.6) is 0 Å². The number of halogens is 2. The van der Waals surface area contributed by atoms with Gasteiger partial charge in [-0.1, -0.05) is 18.2 Å². The van der Waals surface area contributed by atoms with E-state index in [1.165, 1.54) is 17.7 Å². The molecule has 5 nitrogen and oxygen atoms in total. The Hall–Kier alpha value is -2.35. The molecule has 2 aromatic carbocycles. The summed E-state index contributed by atoms with van der Waals surface area (Å²) >= 11 is 0.